The smallest absolute Gasteiger partial charge is 0.248 e. The number of aromatic nitrogens is 3. The van der Waals surface area contributed by atoms with Gasteiger partial charge in [-0.2, -0.15) is 9.90 Å². The number of benzene rings is 1. The molecule has 1 aromatic carbocycles. The van der Waals surface area contributed by atoms with Gasteiger partial charge in [0.1, 0.15) is 6.54 Å². The number of amides is 2. The highest BCUT2D eigenvalue weighted by atomic mass is 35.5. The van der Waals surface area contributed by atoms with Gasteiger partial charge in [0.05, 0.1) is 16.9 Å². The molecule has 0 atom stereocenters. The summed E-state index contributed by atoms with van der Waals surface area (Å²) in [6.07, 6.45) is 1.35. The summed E-state index contributed by atoms with van der Waals surface area (Å²) in [5, 5.41) is 13.7. The van der Waals surface area contributed by atoms with E-state index in [0.717, 1.165) is 4.80 Å². The summed E-state index contributed by atoms with van der Waals surface area (Å²) in [6.45, 7) is 1.23. The lowest BCUT2D eigenvalue weighted by atomic mass is 10.3. The van der Waals surface area contributed by atoms with Crippen LogP contribution >= 0.6 is 23.2 Å². The van der Waals surface area contributed by atoms with Crippen LogP contribution in [0.3, 0.4) is 0 Å². The number of carbonyl (C=O) groups is 2. The van der Waals surface area contributed by atoms with Crippen LogP contribution in [0.2, 0.25) is 10.0 Å². The molecule has 0 fully saturated rings. The van der Waals surface area contributed by atoms with Crippen LogP contribution in [0.4, 0.5) is 11.5 Å². The number of halogens is 2. The lowest BCUT2D eigenvalue weighted by Gasteiger charge is -2.07. The first-order chi connectivity index (χ1) is 9.94. The standard InChI is InChI=1S/C12H11Cl2N5O2/c1-7(20)16-11-5-15-19(18-11)6-12(21)17-10-4-8(13)2-3-9(10)14/h2-5H,6H2,1H3,(H,17,21)(H,16,18,20). The van der Waals surface area contributed by atoms with Gasteiger partial charge in [-0.3, -0.25) is 9.59 Å². The van der Waals surface area contributed by atoms with Crippen molar-refractivity contribution < 1.29 is 9.59 Å². The Hall–Kier alpha value is -2.12. The van der Waals surface area contributed by atoms with Crippen molar-refractivity contribution in [3.63, 3.8) is 0 Å². The number of rotatable bonds is 4. The minimum atomic E-state index is -0.371. The van der Waals surface area contributed by atoms with Crippen LogP contribution in [0.25, 0.3) is 0 Å². The quantitative estimate of drug-likeness (QED) is 0.900. The Bertz CT molecular complexity index is 686. The molecule has 0 bridgehead atoms. The summed E-state index contributed by atoms with van der Waals surface area (Å²) in [6, 6.07) is 4.75. The topological polar surface area (TPSA) is 88.9 Å². The summed E-state index contributed by atoms with van der Waals surface area (Å²) in [5.41, 5.74) is 0.406. The van der Waals surface area contributed by atoms with Crippen molar-refractivity contribution in [1.29, 1.82) is 0 Å². The van der Waals surface area contributed by atoms with Crippen molar-refractivity contribution in [2.75, 3.05) is 10.6 Å². The Morgan fingerprint density at radius 1 is 1.29 bits per heavy atom. The molecule has 110 valence electrons. The number of nitrogens with zero attached hydrogens (tertiary/aromatic N) is 3. The zero-order valence-electron chi connectivity index (χ0n) is 10.9. The molecule has 0 aliphatic heterocycles. The van der Waals surface area contributed by atoms with Crippen molar-refractivity contribution in [1.82, 2.24) is 15.0 Å². The van der Waals surface area contributed by atoms with Gasteiger partial charge in [-0.25, -0.2) is 0 Å². The minimum absolute atomic E-state index is 0.123. The van der Waals surface area contributed by atoms with E-state index in [4.69, 9.17) is 23.2 Å². The molecule has 0 saturated heterocycles. The monoisotopic (exact) mass is 327 g/mol. The van der Waals surface area contributed by atoms with Crippen molar-refractivity contribution in [3.8, 4) is 0 Å². The predicted octanol–water partition coefficient (Wildman–Crippen LogP) is 2.18. The molecule has 7 nitrogen and oxygen atoms in total. The van der Waals surface area contributed by atoms with Gasteiger partial charge in [0.15, 0.2) is 5.82 Å². The number of hydrogen-bond acceptors (Lipinski definition) is 4. The Morgan fingerprint density at radius 2 is 2.05 bits per heavy atom. The maximum atomic E-state index is 11.9. The van der Waals surface area contributed by atoms with Crippen LogP contribution in [-0.4, -0.2) is 26.8 Å². The molecule has 0 unspecified atom stereocenters. The molecular weight excluding hydrogens is 317 g/mol. The molecule has 9 heteroatoms. The molecule has 1 heterocycles. The molecule has 2 N–H and O–H groups in total. The van der Waals surface area contributed by atoms with Gasteiger partial charge >= 0.3 is 0 Å². The molecule has 2 rings (SSSR count). The van der Waals surface area contributed by atoms with Crippen LogP contribution in [0.5, 0.6) is 0 Å². The minimum Gasteiger partial charge on any atom is -0.323 e. The molecular formula is C12H11Cl2N5O2. The second-order valence-corrected chi connectivity index (χ2v) is 4.96. The van der Waals surface area contributed by atoms with Gasteiger partial charge in [-0.15, -0.1) is 5.10 Å². The number of carbonyl (C=O) groups excluding carboxylic acids is 2. The van der Waals surface area contributed by atoms with Crippen LogP contribution in [0, 0.1) is 0 Å². The highest BCUT2D eigenvalue weighted by Gasteiger charge is 2.09. The first kappa shape index (κ1) is 15.3. The van der Waals surface area contributed by atoms with Crippen molar-refractivity contribution in [3.05, 3.63) is 34.4 Å². The van der Waals surface area contributed by atoms with Crippen molar-refractivity contribution in [2.24, 2.45) is 0 Å². The van der Waals surface area contributed by atoms with E-state index in [0.29, 0.717) is 15.7 Å². The van der Waals surface area contributed by atoms with E-state index >= 15 is 0 Å². The van der Waals surface area contributed by atoms with E-state index in [2.05, 4.69) is 20.8 Å². The molecule has 2 aromatic rings. The van der Waals surface area contributed by atoms with E-state index in [1.807, 2.05) is 0 Å². The third-order valence-electron chi connectivity index (χ3n) is 2.33. The summed E-state index contributed by atoms with van der Waals surface area (Å²) < 4.78 is 0. The molecule has 0 saturated carbocycles. The Morgan fingerprint density at radius 3 is 2.76 bits per heavy atom. The molecule has 0 aliphatic carbocycles. The van der Waals surface area contributed by atoms with E-state index in [-0.39, 0.29) is 24.2 Å². The fourth-order valence-corrected chi connectivity index (χ4v) is 1.86. The van der Waals surface area contributed by atoms with Crippen LogP contribution in [0.15, 0.2) is 24.4 Å². The average molecular weight is 328 g/mol. The highest BCUT2D eigenvalue weighted by molar-refractivity contribution is 6.35. The van der Waals surface area contributed by atoms with Crippen LogP contribution < -0.4 is 10.6 Å². The Labute approximate surface area is 130 Å². The van der Waals surface area contributed by atoms with Gasteiger partial charge in [0.2, 0.25) is 11.8 Å². The largest absolute Gasteiger partial charge is 0.323 e. The second-order valence-electron chi connectivity index (χ2n) is 4.11. The lowest BCUT2D eigenvalue weighted by molar-refractivity contribution is -0.117. The fraction of sp³-hybridized carbons (Fsp3) is 0.167. The normalized spacial score (nSPS) is 10.2. The van der Waals surface area contributed by atoms with Gasteiger partial charge in [0.25, 0.3) is 0 Å². The molecule has 0 aliphatic rings. The Kier molecular flexibility index (Phi) is 4.77. The molecule has 0 radical (unpaired) electrons. The van der Waals surface area contributed by atoms with Crippen molar-refractivity contribution in [2.45, 2.75) is 13.5 Å². The molecule has 21 heavy (non-hydrogen) atoms. The van der Waals surface area contributed by atoms with E-state index in [1.165, 1.54) is 13.1 Å². The van der Waals surface area contributed by atoms with Crippen LogP contribution in [-0.2, 0) is 16.1 Å². The second kappa shape index (κ2) is 6.55. The SMILES string of the molecule is CC(=O)Nc1cnn(CC(=O)Nc2cc(Cl)ccc2Cl)n1. The Balaban J connectivity index is 2.00. The molecule has 1 aromatic heterocycles. The van der Waals surface area contributed by atoms with Gasteiger partial charge in [-0.05, 0) is 18.2 Å². The van der Waals surface area contributed by atoms with E-state index < -0.39 is 0 Å². The summed E-state index contributed by atoms with van der Waals surface area (Å²) in [7, 11) is 0. The zero-order valence-corrected chi connectivity index (χ0v) is 12.4. The van der Waals surface area contributed by atoms with E-state index in [9.17, 15) is 9.59 Å². The maximum absolute atomic E-state index is 11.9. The summed E-state index contributed by atoms with van der Waals surface area (Å²) in [5.74, 6) is -0.363. The predicted molar refractivity (Wildman–Crippen MR) is 79.4 cm³/mol. The fourth-order valence-electron chi connectivity index (χ4n) is 1.52. The molecule has 2 amide bonds. The average Bonchev–Trinajstić information content (AvgIpc) is 2.80. The number of nitrogens with one attached hydrogen (secondary N) is 2. The third-order valence-corrected chi connectivity index (χ3v) is 2.89. The maximum Gasteiger partial charge on any atom is 0.248 e. The third kappa shape index (κ3) is 4.44. The molecule has 0 spiro atoms. The zero-order chi connectivity index (χ0) is 15.4. The van der Waals surface area contributed by atoms with Gasteiger partial charge in [0, 0.05) is 11.9 Å². The summed E-state index contributed by atoms with van der Waals surface area (Å²) >= 11 is 11.8. The summed E-state index contributed by atoms with van der Waals surface area (Å²) in [4.78, 5) is 23.9. The lowest BCUT2D eigenvalue weighted by Crippen LogP contribution is -2.20. The van der Waals surface area contributed by atoms with Gasteiger partial charge in [-0.1, -0.05) is 23.2 Å². The van der Waals surface area contributed by atoms with Crippen LogP contribution in [0.1, 0.15) is 6.92 Å². The number of anilines is 2. The number of hydrogen-bond donors (Lipinski definition) is 2. The van der Waals surface area contributed by atoms with E-state index in [1.54, 1.807) is 18.2 Å². The highest BCUT2D eigenvalue weighted by Crippen LogP contribution is 2.25. The van der Waals surface area contributed by atoms with Crippen molar-refractivity contribution >= 4 is 46.5 Å². The first-order valence-electron chi connectivity index (χ1n) is 5.86. The van der Waals surface area contributed by atoms with Gasteiger partial charge < -0.3 is 10.6 Å². The first-order valence-corrected chi connectivity index (χ1v) is 6.62.